The van der Waals surface area contributed by atoms with Crippen molar-refractivity contribution in [1.82, 2.24) is 19.7 Å². The second-order valence-corrected chi connectivity index (χ2v) is 5.98. The van der Waals surface area contributed by atoms with E-state index in [9.17, 15) is 14.0 Å². The van der Waals surface area contributed by atoms with Crippen molar-refractivity contribution >= 4 is 11.8 Å². The minimum absolute atomic E-state index is 0.0400. The maximum absolute atomic E-state index is 14.1. The lowest BCUT2D eigenvalue weighted by atomic mass is 10.2. The van der Waals surface area contributed by atoms with E-state index in [4.69, 9.17) is 10.5 Å². The molecule has 1 saturated heterocycles. The third-order valence-corrected chi connectivity index (χ3v) is 4.09. The molecule has 1 aromatic carbocycles. The van der Waals surface area contributed by atoms with E-state index in [-0.39, 0.29) is 24.7 Å². The average molecular weight is 361 g/mol. The Balaban J connectivity index is 1.91. The van der Waals surface area contributed by atoms with Gasteiger partial charge in [0.2, 0.25) is 11.7 Å². The third-order valence-electron chi connectivity index (χ3n) is 4.09. The topological polar surface area (TPSA) is 103 Å². The number of halogens is 1. The number of carbonyl (C=O) groups is 2. The van der Waals surface area contributed by atoms with Crippen molar-refractivity contribution in [2.45, 2.75) is 25.9 Å². The maximum atomic E-state index is 14.1. The predicted molar refractivity (Wildman–Crippen MR) is 90.1 cm³/mol. The predicted octanol–water partition coefficient (Wildman–Crippen LogP) is 0.685. The Hall–Kier alpha value is -2.81. The summed E-state index contributed by atoms with van der Waals surface area (Å²) in [5, 5.41) is 4.22. The van der Waals surface area contributed by atoms with Gasteiger partial charge in [0.1, 0.15) is 17.3 Å². The molecule has 26 heavy (non-hydrogen) atoms. The van der Waals surface area contributed by atoms with Crippen LogP contribution in [0.15, 0.2) is 24.3 Å². The fraction of sp³-hybridized carbons (Fsp3) is 0.412. The van der Waals surface area contributed by atoms with Crippen molar-refractivity contribution in [2.24, 2.45) is 5.73 Å². The van der Waals surface area contributed by atoms with Gasteiger partial charge in [0.25, 0.3) is 5.91 Å². The highest BCUT2D eigenvalue weighted by Crippen LogP contribution is 2.17. The van der Waals surface area contributed by atoms with Crippen molar-refractivity contribution in [3.63, 3.8) is 0 Å². The first-order valence-electron chi connectivity index (χ1n) is 8.42. The van der Waals surface area contributed by atoms with Crippen molar-refractivity contribution in [3.05, 3.63) is 41.7 Å². The molecule has 0 unspecified atom stereocenters. The number of ether oxygens (including phenoxy) is 1. The molecule has 1 aromatic heterocycles. The number of benzene rings is 1. The Morgan fingerprint density at radius 3 is 2.85 bits per heavy atom. The molecule has 9 heteroatoms. The van der Waals surface area contributed by atoms with Gasteiger partial charge in [-0.1, -0.05) is 19.1 Å². The van der Waals surface area contributed by atoms with Crippen molar-refractivity contribution in [2.75, 3.05) is 19.7 Å². The summed E-state index contributed by atoms with van der Waals surface area (Å²) < 4.78 is 20.8. The summed E-state index contributed by atoms with van der Waals surface area (Å²) in [5.74, 6) is -1.05. The molecule has 0 bridgehead atoms. The normalized spacial score (nSPS) is 17.3. The number of aromatic nitrogens is 3. The van der Waals surface area contributed by atoms with E-state index in [1.54, 1.807) is 18.2 Å². The molecule has 0 spiro atoms. The highest BCUT2D eigenvalue weighted by molar-refractivity contribution is 5.91. The minimum atomic E-state index is -0.850. The molecular formula is C17H20FN5O3. The molecule has 1 atom stereocenters. The van der Waals surface area contributed by atoms with E-state index in [0.29, 0.717) is 18.8 Å². The summed E-state index contributed by atoms with van der Waals surface area (Å²) in [7, 11) is 0. The summed E-state index contributed by atoms with van der Waals surface area (Å²) in [6, 6.07) is 6.18. The number of rotatable bonds is 5. The molecule has 1 aliphatic heterocycles. The highest BCUT2D eigenvalue weighted by atomic mass is 19.1. The highest BCUT2D eigenvalue weighted by Gasteiger charge is 2.30. The Morgan fingerprint density at radius 1 is 1.38 bits per heavy atom. The smallest absolute Gasteiger partial charge is 0.293 e. The molecule has 1 fully saturated rings. The van der Waals surface area contributed by atoms with Gasteiger partial charge < -0.3 is 15.4 Å². The minimum Gasteiger partial charge on any atom is -0.367 e. The molecule has 1 aliphatic rings. The lowest BCUT2D eigenvalue weighted by molar-refractivity contribution is -0.133. The molecule has 2 aromatic rings. The lowest BCUT2D eigenvalue weighted by Crippen LogP contribution is -2.50. The van der Waals surface area contributed by atoms with Crippen LogP contribution in [-0.2, 0) is 16.0 Å². The molecular weight excluding hydrogens is 341 g/mol. The molecule has 2 N–H and O–H groups in total. The number of morpholine rings is 1. The van der Waals surface area contributed by atoms with Crippen LogP contribution in [0.2, 0.25) is 0 Å². The zero-order valence-corrected chi connectivity index (χ0v) is 14.4. The number of primary amides is 1. The van der Waals surface area contributed by atoms with E-state index < -0.39 is 23.7 Å². The number of para-hydroxylation sites is 1. The van der Waals surface area contributed by atoms with E-state index in [1.165, 1.54) is 15.6 Å². The number of amides is 2. The summed E-state index contributed by atoms with van der Waals surface area (Å²) in [6.45, 7) is 2.52. The summed E-state index contributed by atoms with van der Waals surface area (Å²) in [6.07, 6.45) is 0.459. The molecule has 0 radical (unpaired) electrons. The van der Waals surface area contributed by atoms with Gasteiger partial charge in [-0.25, -0.2) is 14.1 Å². The van der Waals surface area contributed by atoms with Crippen molar-refractivity contribution < 1.29 is 18.7 Å². The number of nitrogens with two attached hydrogens (primary N) is 1. The van der Waals surface area contributed by atoms with Crippen molar-refractivity contribution in [1.29, 1.82) is 0 Å². The Bertz CT molecular complexity index is 822. The average Bonchev–Trinajstić information content (AvgIpc) is 3.05. The molecule has 2 heterocycles. The van der Waals surface area contributed by atoms with Crippen LogP contribution in [0.3, 0.4) is 0 Å². The molecule has 0 aliphatic carbocycles. The van der Waals surface area contributed by atoms with Gasteiger partial charge in [-0.05, 0) is 18.6 Å². The van der Waals surface area contributed by atoms with Crippen LogP contribution >= 0.6 is 0 Å². The molecule has 2 amide bonds. The van der Waals surface area contributed by atoms with Gasteiger partial charge in [-0.15, -0.1) is 5.10 Å². The van der Waals surface area contributed by atoms with Gasteiger partial charge in [0, 0.05) is 13.0 Å². The lowest BCUT2D eigenvalue weighted by Gasteiger charge is -2.30. The quantitative estimate of drug-likeness (QED) is 0.844. The van der Waals surface area contributed by atoms with Gasteiger partial charge in [-0.2, -0.15) is 0 Å². The second-order valence-electron chi connectivity index (χ2n) is 5.98. The van der Waals surface area contributed by atoms with E-state index in [0.717, 1.165) is 6.42 Å². The van der Waals surface area contributed by atoms with Gasteiger partial charge in [0.05, 0.1) is 13.2 Å². The Morgan fingerprint density at radius 2 is 2.15 bits per heavy atom. The van der Waals surface area contributed by atoms with Gasteiger partial charge in [-0.3, -0.25) is 9.59 Å². The zero-order valence-electron chi connectivity index (χ0n) is 14.4. The standard InChI is InChI=1S/C17H20FN5O3/c1-2-5-14-20-16(21-23(14)12-7-4-3-6-11(12)18)17(25)22-8-9-26-13(10-22)15(19)24/h3-4,6-7,13H,2,5,8-10H2,1H3,(H2,19,24)/t13-/m0/s1. The van der Waals surface area contributed by atoms with Crippen LogP contribution in [-0.4, -0.2) is 57.3 Å². The largest absolute Gasteiger partial charge is 0.367 e. The summed E-state index contributed by atoms with van der Waals surface area (Å²) in [5.41, 5.74) is 5.49. The number of carbonyl (C=O) groups excluding carboxylic acids is 2. The number of hydrogen-bond donors (Lipinski definition) is 1. The number of nitrogens with zero attached hydrogens (tertiary/aromatic N) is 4. The first-order valence-corrected chi connectivity index (χ1v) is 8.42. The fourth-order valence-corrected chi connectivity index (χ4v) is 2.78. The maximum Gasteiger partial charge on any atom is 0.293 e. The summed E-state index contributed by atoms with van der Waals surface area (Å²) >= 11 is 0. The van der Waals surface area contributed by atoms with Crippen LogP contribution in [0.5, 0.6) is 0 Å². The molecule has 3 rings (SSSR count). The van der Waals surface area contributed by atoms with Crippen molar-refractivity contribution in [3.8, 4) is 5.69 Å². The SMILES string of the molecule is CCCc1nc(C(=O)N2CCO[C@H](C(N)=O)C2)nn1-c1ccccc1F. The molecule has 8 nitrogen and oxygen atoms in total. The fourth-order valence-electron chi connectivity index (χ4n) is 2.78. The van der Waals surface area contributed by atoms with Crippen LogP contribution in [0, 0.1) is 5.82 Å². The molecule has 138 valence electrons. The number of hydrogen-bond acceptors (Lipinski definition) is 5. The first kappa shape index (κ1) is 18.0. The van der Waals surface area contributed by atoms with Crippen LogP contribution in [0.4, 0.5) is 4.39 Å². The zero-order chi connectivity index (χ0) is 18.7. The number of aryl methyl sites for hydroxylation is 1. The van der Waals surface area contributed by atoms with Gasteiger partial charge in [0.15, 0.2) is 6.10 Å². The van der Waals surface area contributed by atoms with E-state index >= 15 is 0 Å². The first-order chi connectivity index (χ1) is 12.5. The summed E-state index contributed by atoms with van der Waals surface area (Å²) in [4.78, 5) is 29.8. The second kappa shape index (κ2) is 7.61. The van der Waals surface area contributed by atoms with E-state index in [1.807, 2.05) is 6.92 Å². The van der Waals surface area contributed by atoms with Crippen LogP contribution in [0.25, 0.3) is 5.69 Å². The monoisotopic (exact) mass is 361 g/mol. The van der Waals surface area contributed by atoms with Crippen LogP contribution in [0.1, 0.15) is 29.8 Å². The Kier molecular flexibility index (Phi) is 5.27. The van der Waals surface area contributed by atoms with Gasteiger partial charge >= 0.3 is 0 Å². The third kappa shape index (κ3) is 3.57. The molecule has 0 saturated carbocycles. The van der Waals surface area contributed by atoms with Crippen LogP contribution < -0.4 is 5.73 Å². The Labute approximate surface area is 149 Å². The van der Waals surface area contributed by atoms with E-state index in [2.05, 4.69) is 10.1 Å².